The molecule has 0 saturated heterocycles. The number of aromatic amines is 1. The third kappa shape index (κ3) is 3.07. The fourth-order valence-electron chi connectivity index (χ4n) is 1.38. The normalized spacial score (nSPS) is 10.8. The Kier molecular flexibility index (Phi) is 3.94. The van der Waals surface area contributed by atoms with E-state index in [9.17, 15) is 4.79 Å². The van der Waals surface area contributed by atoms with Crippen molar-refractivity contribution in [1.82, 2.24) is 10.4 Å². The molecule has 0 fully saturated rings. The summed E-state index contributed by atoms with van der Waals surface area (Å²) in [5.74, 6) is -0.237. The molecule has 92 valence electrons. The molecule has 1 aromatic heterocycles. The van der Waals surface area contributed by atoms with Crippen LogP contribution in [0.15, 0.2) is 46.1 Å². The van der Waals surface area contributed by atoms with Crippen molar-refractivity contribution in [3.63, 3.8) is 0 Å². The molecule has 2 rings (SSSR count). The number of rotatable bonds is 3. The molecule has 0 aliphatic heterocycles. The first-order valence-corrected chi connectivity index (χ1v) is 6.19. The second-order valence-corrected chi connectivity index (χ2v) is 4.64. The predicted molar refractivity (Wildman–Crippen MR) is 74.7 cm³/mol. The Balaban J connectivity index is 2.01. The van der Waals surface area contributed by atoms with Crippen molar-refractivity contribution < 1.29 is 4.79 Å². The van der Waals surface area contributed by atoms with E-state index >= 15 is 0 Å². The number of H-pyrrole nitrogens is 1. The van der Waals surface area contributed by atoms with Gasteiger partial charge in [0.05, 0.1) is 11.9 Å². The Morgan fingerprint density at radius 2 is 2.28 bits per heavy atom. The van der Waals surface area contributed by atoms with Gasteiger partial charge >= 0.3 is 0 Å². The molecule has 2 aromatic rings. The van der Waals surface area contributed by atoms with Crippen LogP contribution >= 0.6 is 15.9 Å². The number of nitrogens with zero attached hydrogens (tertiary/aromatic N) is 1. The second-order valence-electron chi connectivity index (χ2n) is 3.79. The van der Waals surface area contributed by atoms with Crippen molar-refractivity contribution in [1.29, 1.82) is 0 Å². The van der Waals surface area contributed by atoms with Crippen LogP contribution in [0.25, 0.3) is 0 Å². The van der Waals surface area contributed by atoms with Crippen LogP contribution in [0.2, 0.25) is 0 Å². The molecule has 0 aliphatic carbocycles. The molecule has 0 unspecified atom stereocenters. The van der Waals surface area contributed by atoms with Gasteiger partial charge in [0, 0.05) is 16.2 Å². The van der Waals surface area contributed by atoms with E-state index in [4.69, 9.17) is 0 Å². The summed E-state index contributed by atoms with van der Waals surface area (Å²) in [6.07, 6.45) is 3.35. The Morgan fingerprint density at radius 1 is 1.44 bits per heavy atom. The van der Waals surface area contributed by atoms with Crippen LogP contribution in [-0.4, -0.2) is 17.1 Å². The first kappa shape index (κ1) is 12.6. The minimum absolute atomic E-state index is 0.237. The van der Waals surface area contributed by atoms with E-state index in [1.807, 2.05) is 25.1 Å². The molecule has 0 aliphatic rings. The van der Waals surface area contributed by atoms with Crippen LogP contribution in [0.1, 0.15) is 21.6 Å². The van der Waals surface area contributed by atoms with Crippen LogP contribution in [0.5, 0.6) is 0 Å². The quantitative estimate of drug-likeness (QED) is 0.665. The number of benzene rings is 1. The van der Waals surface area contributed by atoms with Crippen LogP contribution in [0, 0.1) is 6.92 Å². The summed E-state index contributed by atoms with van der Waals surface area (Å²) in [6.45, 7) is 1.97. The fourth-order valence-corrected chi connectivity index (χ4v) is 1.76. The number of hydrazone groups is 1. The standard InChI is InChI=1S/C13H12BrN3O/c1-9-4-5-10(7-12(9)14)13(18)17-16-8-11-3-2-6-15-11/h2-8,15H,1H3,(H,17,18). The molecule has 0 atom stereocenters. The number of nitrogens with one attached hydrogen (secondary N) is 2. The first-order chi connectivity index (χ1) is 8.66. The first-order valence-electron chi connectivity index (χ1n) is 5.40. The number of hydrogen-bond donors (Lipinski definition) is 2. The molecule has 0 spiro atoms. The molecule has 0 saturated carbocycles. The van der Waals surface area contributed by atoms with E-state index in [1.54, 1.807) is 24.5 Å². The van der Waals surface area contributed by atoms with E-state index in [0.717, 1.165) is 15.7 Å². The summed E-state index contributed by atoms with van der Waals surface area (Å²) in [7, 11) is 0. The van der Waals surface area contributed by atoms with Gasteiger partial charge in [0.15, 0.2) is 0 Å². The van der Waals surface area contributed by atoms with Gasteiger partial charge in [0.1, 0.15) is 0 Å². The van der Waals surface area contributed by atoms with Gasteiger partial charge in [-0.1, -0.05) is 22.0 Å². The summed E-state index contributed by atoms with van der Waals surface area (Å²) in [5.41, 5.74) is 4.96. The van der Waals surface area contributed by atoms with Gasteiger partial charge in [-0.05, 0) is 36.8 Å². The maximum Gasteiger partial charge on any atom is 0.271 e. The molecule has 4 nitrogen and oxygen atoms in total. The predicted octanol–water partition coefficient (Wildman–Crippen LogP) is 2.85. The number of amides is 1. The van der Waals surface area contributed by atoms with Crippen LogP contribution in [0.4, 0.5) is 0 Å². The topological polar surface area (TPSA) is 57.2 Å². The summed E-state index contributed by atoms with van der Waals surface area (Å²) >= 11 is 3.39. The Hall–Kier alpha value is -1.88. The largest absolute Gasteiger partial charge is 0.360 e. The van der Waals surface area contributed by atoms with Gasteiger partial charge in [0.2, 0.25) is 0 Å². The number of hydrogen-bond acceptors (Lipinski definition) is 2. The third-order valence-electron chi connectivity index (χ3n) is 2.43. The highest BCUT2D eigenvalue weighted by Crippen LogP contribution is 2.17. The lowest BCUT2D eigenvalue weighted by atomic mass is 10.1. The molecular weight excluding hydrogens is 294 g/mol. The van der Waals surface area contributed by atoms with Crippen LogP contribution < -0.4 is 5.43 Å². The molecule has 2 N–H and O–H groups in total. The van der Waals surface area contributed by atoms with Gasteiger partial charge in [0.25, 0.3) is 5.91 Å². The second kappa shape index (κ2) is 5.64. The van der Waals surface area contributed by atoms with E-state index in [-0.39, 0.29) is 5.91 Å². The minimum atomic E-state index is -0.237. The minimum Gasteiger partial charge on any atom is -0.360 e. The summed E-state index contributed by atoms with van der Waals surface area (Å²) in [6, 6.07) is 9.14. The Bertz CT molecular complexity index is 576. The summed E-state index contributed by atoms with van der Waals surface area (Å²) in [4.78, 5) is 14.7. The number of carbonyl (C=O) groups excluding carboxylic acids is 1. The number of halogens is 1. The highest BCUT2D eigenvalue weighted by molar-refractivity contribution is 9.10. The van der Waals surface area contributed by atoms with Crippen LogP contribution in [-0.2, 0) is 0 Å². The summed E-state index contributed by atoms with van der Waals surface area (Å²) in [5, 5.41) is 3.87. The number of carbonyl (C=O) groups is 1. The third-order valence-corrected chi connectivity index (χ3v) is 3.28. The smallest absolute Gasteiger partial charge is 0.271 e. The average molecular weight is 306 g/mol. The average Bonchev–Trinajstić information content (AvgIpc) is 2.85. The number of aryl methyl sites for hydroxylation is 1. The molecule has 1 heterocycles. The molecular formula is C13H12BrN3O. The van der Waals surface area contributed by atoms with Crippen molar-refractivity contribution in [2.75, 3.05) is 0 Å². The monoisotopic (exact) mass is 305 g/mol. The van der Waals surface area contributed by atoms with E-state index in [0.29, 0.717) is 5.56 Å². The SMILES string of the molecule is Cc1ccc(C(=O)NN=Cc2ccc[nH]2)cc1Br. The van der Waals surface area contributed by atoms with Crippen LogP contribution in [0.3, 0.4) is 0 Å². The molecule has 1 amide bonds. The zero-order valence-corrected chi connectivity index (χ0v) is 11.4. The molecule has 5 heteroatoms. The highest BCUT2D eigenvalue weighted by Gasteiger charge is 2.05. The van der Waals surface area contributed by atoms with Gasteiger partial charge in [-0.15, -0.1) is 0 Å². The maximum absolute atomic E-state index is 11.8. The lowest BCUT2D eigenvalue weighted by Crippen LogP contribution is -2.17. The van der Waals surface area contributed by atoms with E-state index < -0.39 is 0 Å². The van der Waals surface area contributed by atoms with Gasteiger partial charge in [-0.2, -0.15) is 5.10 Å². The lowest BCUT2D eigenvalue weighted by Gasteiger charge is -2.02. The zero-order valence-electron chi connectivity index (χ0n) is 9.77. The van der Waals surface area contributed by atoms with E-state index in [1.165, 1.54) is 0 Å². The highest BCUT2D eigenvalue weighted by atomic mass is 79.9. The summed E-state index contributed by atoms with van der Waals surface area (Å²) < 4.78 is 0.906. The van der Waals surface area contributed by atoms with Gasteiger partial charge in [-0.25, -0.2) is 5.43 Å². The molecule has 18 heavy (non-hydrogen) atoms. The molecule has 0 radical (unpaired) electrons. The maximum atomic E-state index is 11.8. The molecule has 1 aromatic carbocycles. The lowest BCUT2D eigenvalue weighted by molar-refractivity contribution is 0.0955. The molecule has 0 bridgehead atoms. The van der Waals surface area contributed by atoms with Crippen molar-refractivity contribution in [3.05, 3.63) is 57.8 Å². The van der Waals surface area contributed by atoms with Gasteiger partial charge in [-0.3, -0.25) is 4.79 Å². The zero-order chi connectivity index (χ0) is 13.0. The number of aromatic nitrogens is 1. The fraction of sp³-hybridized carbons (Fsp3) is 0.0769. The Labute approximate surface area is 113 Å². The Morgan fingerprint density at radius 3 is 2.94 bits per heavy atom. The van der Waals surface area contributed by atoms with Crippen molar-refractivity contribution in [2.45, 2.75) is 6.92 Å². The van der Waals surface area contributed by atoms with Crippen molar-refractivity contribution in [2.24, 2.45) is 5.10 Å². The van der Waals surface area contributed by atoms with Gasteiger partial charge < -0.3 is 4.98 Å². The van der Waals surface area contributed by atoms with Crippen molar-refractivity contribution in [3.8, 4) is 0 Å². The van der Waals surface area contributed by atoms with Crippen molar-refractivity contribution >= 4 is 28.1 Å². The van der Waals surface area contributed by atoms with E-state index in [2.05, 4.69) is 31.4 Å².